The molecule has 0 aromatic heterocycles. The van der Waals surface area contributed by atoms with Crippen molar-refractivity contribution in [1.29, 1.82) is 0 Å². The minimum atomic E-state index is -1.13. The van der Waals surface area contributed by atoms with Crippen LogP contribution < -0.4 is 5.73 Å². The van der Waals surface area contributed by atoms with E-state index in [1.54, 1.807) is 0 Å². The lowest BCUT2D eigenvalue weighted by atomic mass is 9.88. The van der Waals surface area contributed by atoms with Crippen molar-refractivity contribution in [3.8, 4) is 0 Å². The maximum absolute atomic E-state index is 12.1. The van der Waals surface area contributed by atoms with Crippen molar-refractivity contribution < 1.29 is 14.3 Å². The number of carbonyl (C=O) groups excluding carboxylic acids is 1. The molecule has 1 aliphatic rings. The summed E-state index contributed by atoms with van der Waals surface area (Å²) in [6.45, 7) is 1.24. The third kappa shape index (κ3) is 4.05. The first kappa shape index (κ1) is 16.0. The Bertz CT molecular complexity index is 443. The zero-order valence-electron chi connectivity index (χ0n) is 12.7. The predicted octanol–water partition coefficient (Wildman–Crippen LogP) is 2.61. The molecule has 1 fully saturated rings. The molecular weight excluding hydrogens is 266 g/mol. The fourth-order valence-electron chi connectivity index (χ4n) is 2.94. The minimum Gasteiger partial charge on any atom is -0.467 e. The number of carbonyl (C=O) groups is 1. The molecule has 0 aliphatic heterocycles. The summed E-state index contributed by atoms with van der Waals surface area (Å²) in [5.41, 5.74) is 5.94. The van der Waals surface area contributed by atoms with Gasteiger partial charge in [0.05, 0.1) is 7.11 Å². The Kier molecular flexibility index (Phi) is 5.76. The van der Waals surface area contributed by atoms with Crippen molar-refractivity contribution >= 4 is 5.97 Å². The normalized spacial score (nSPS) is 18.4. The van der Waals surface area contributed by atoms with Gasteiger partial charge in [-0.2, -0.15) is 0 Å². The molecule has 116 valence electrons. The van der Waals surface area contributed by atoms with E-state index in [0.717, 1.165) is 12.2 Å². The Balaban J connectivity index is 1.92. The highest BCUT2D eigenvalue weighted by Gasteiger charge is 2.36. The predicted molar refractivity (Wildman–Crippen MR) is 81.7 cm³/mol. The van der Waals surface area contributed by atoms with Gasteiger partial charge in [-0.25, -0.2) is 4.79 Å². The lowest BCUT2D eigenvalue weighted by Crippen LogP contribution is -2.46. The smallest absolute Gasteiger partial charge is 0.330 e. The highest BCUT2D eigenvalue weighted by molar-refractivity contribution is 5.82. The monoisotopic (exact) mass is 291 g/mol. The van der Waals surface area contributed by atoms with E-state index >= 15 is 0 Å². The number of hydrogen-bond donors (Lipinski definition) is 1. The average molecular weight is 291 g/mol. The summed E-state index contributed by atoms with van der Waals surface area (Å²) in [6.07, 6.45) is 5.55. The van der Waals surface area contributed by atoms with Gasteiger partial charge in [-0.1, -0.05) is 43.2 Å². The van der Waals surface area contributed by atoms with Gasteiger partial charge in [-0.05, 0) is 24.3 Å². The zero-order valence-corrected chi connectivity index (χ0v) is 12.7. The largest absolute Gasteiger partial charge is 0.467 e. The number of rotatable bonds is 7. The van der Waals surface area contributed by atoms with Crippen LogP contribution in [0.5, 0.6) is 0 Å². The van der Waals surface area contributed by atoms with Gasteiger partial charge in [0.2, 0.25) is 0 Å². The summed E-state index contributed by atoms with van der Waals surface area (Å²) >= 11 is 0. The average Bonchev–Trinajstić information content (AvgIpc) is 3.04. The van der Waals surface area contributed by atoms with Crippen molar-refractivity contribution in [3.63, 3.8) is 0 Å². The van der Waals surface area contributed by atoms with E-state index in [4.69, 9.17) is 15.2 Å². The van der Waals surface area contributed by atoms with E-state index in [-0.39, 0.29) is 0 Å². The van der Waals surface area contributed by atoms with E-state index in [1.807, 2.05) is 30.3 Å². The van der Waals surface area contributed by atoms with Gasteiger partial charge in [-0.15, -0.1) is 0 Å². The van der Waals surface area contributed by atoms with E-state index in [1.165, 1.54) is 32.8 Å². The summed E-state index contributed by atoms with van der Waals surface area (Å²) in [4.78, 5) is 12.1. The van der Waals surface area contributed by atoms with Crippen LogP contribution in [0.1, 0.15) is 37.7 Å². The van der Waals surface area contributed by atoms with Crippen LogP contribution in [-0.2, 0) is 19.8 Å². The number of hydrogen-bond acceptors (Lipinski definition) is 4. The van der Waals surface area contributed by atoms with Crippen molar-refractivity contribution in [2.45, 2.75) is 37.6 Å². The Labute approximate surface area is 126 Å². The fourth-order valence-corrected chi connectivity index (χ4v) is 2.94. The summed E-state index contributed by atoms with van der Waals surface area (Å²) in [5.74, 6) is 0.255. The molecule has 1 aromatic carbocycles. The molecule has 2 rings (SSSR count). The highest BCUT2D eigenvalue weighted by atomic mass is 16.5. The summed E-state index contributed by atoms with van der Waals surface area (Å²) in [5, 5.41) is 0. The molecule has 0 radical (unpaired) electrons. The maximum atomic E-state index is 12.1. The molecule has 1 aliphatic carbocycles. The van der Waals surface area contributed by atoms with Crippen LogP contribution in [0.2, 0.25) is 0 Å². The maximum Gasteiger partial charge on any atom is 0.330 e. The molecule has 1 unspecified atom stereocenters. The molecule has 0 amide bonds. The third-order valence-electron chi connectivity index (χ3n) is 4.31. The van der Waals surface area contributed by atoms with E-state index in [9.17, 15) is 4.79 Å². The minimum absolute atomic E-state index is 0.418. The van der Waals surface area contributed by atoms with Gasteiger partial charge in [-0.3, -0.25) is 0 Å². The molecular formula is C17H25NO3. The van der Waals surface area contributed by atoms with Gasteiger partial charge in [0.25, 0.3) is 0 Å². The number of methoxy groups -OCH3 is 1. The summed E-state index contributed by atoms with van der Waals surface area (Å²) < 4.78 is 10.6. The third-order valence-corrected chi connectivity index (χ3v) is 4.31. The lowest BCUT2D eigenvalue weighted by molar-refractivity contribution is -0.148. The van der Waals surface area contributed by atoms with E-state index < -0.39 is 11.5 Å². The Morgan fingerprint density at radius 2 is 1.95 bits per heavy atom. The van der Waals surface area contributed by atoms with Gasteiger partial charge in [0, 0.05) is 19.6 Å². The fraction of sp³-hybridized carbons (Fsp3) is 0.588. The molecule has 4 heteroatoms. The van der Waals surface area contributed by atoms with Gasteiger partial charge >= 0.3 is 5.97 Å². The van der Waals surface area contributed by atoms with Crippen LogP contribution in [0.3, 0.4) is 0 Å². The quantitative estimate of drug-likeness (QED) is 0.619. The Hall–Kier alpha value is -1.39. The van der Waals surface area contributed by atoms with E-state index in [0.29, 0.717) is 18.9 Å². The van der Waals surface area contributed by atoms with Gasteiger partial charge < -0.3 is 15.2 Å². The standard InChI is InChI=1S/C17H25NO3/c1-20-16(19)17(18,15-9-3-2-4-10-15)11-12-21-13-14-7-5-6-8-14/h2-4,9-10,14H,5-8,11-13,18H2,1H3. The van der Waals surface area contributed by atoms with E-state index in [2.05, 4.69) is 0 Å². The molecule has 21 heavy (non-hydrogen) atoms. The summed E-state index contributed by atoms with van der Waals surface area (Å²) in [6, 6.07) is 9.36. The van der Waals surface area contributed by atoms with Crippen LogP contribution in [0.15, 0.2) is 30.3 Å². The molecule has 1 saturated carbocycles. The number of nitrogens with two attached hydrogens (primary N) is 1. The first-order chi connectivity index (χ1) is 10.2. The van der Waals surface area contributed by atoms with Crippen molar-refractivity contribution in [1.82, 2.24) is 0 Å². The second-order valence-electron chi connectivity index (χ2n) is 5.80. The lowest BCUT2D eigenvalue weighted by Gasteiger charge is -2.27. The topological polar surface area (TPSA) is 61.5 Å². The molecule has 0 bridgehead atoms. The Morgan fingerprint density at radius 3 is 2.57 bits per heavy atom. The van der Waals surface area contributed by atoms with Crippen LogP contribution in [-0.4, -0.2) is 26.3 Å². The second kappa shape index (κ2) is 7.57. The molecule has 0 spiro atoms. The molecule has 0 saturated heterocycles. The second-order valence-corrected chi connectivity index (χ2v) is 5.80. The Morgan fingerprint density at radius 1 is 1.29 bits per heavy atom. The zero-order chi connectivity index (χ0) is 15.1. The van der Waals surface area contributed by atoms with Crippen molar-refractivity contribution in [3.05, 3.63) is 35.9 Å². The highest BCUT2D eigenvalue weighted by Crippen LogP contribution is 2.26. The molecule has 0 heterocycles. The van der Waals surface area contributed by atoms with Crippen LogP contribution in [0.25, 0.3) is 0 Å². The van der Waals surface area contributed by atoms with Gasteiger partial charge in [0.15, 0.2) is 0 Å². The summed E-state index contributed by atoms with van der Waals surface area (Å²) in [7, 11) is 1.37. The van der Waals surface area contributed by atoms with Gasteiger partial charge in [0.1, 0.15) is 5.54 Å². The number of benzene rings is 1. The first-order valence-corrected chi connectivity index (χ1v) is 7.67. The van der Waals surface area contributed by atoms with Crippen LogP contribution >= 0.6 is 0 Å². The van der Waals surface area contributed by atoms with Crippen LogP contribution in [0.4, 0.5) is 0 Å². The molecule has 1 atom stereocenters. The first-order valence-electron chi connectivity index (χ1n) is 7.67. The number of esters is 1. The number of ether oxygens (including phenoxy) is 2. The molecule has 1 aromatic rings. The van der Waals surface area contributed by atoms with Crippen molar-refractivity contribution in [2.24, 2.45) is 11.7 Å². The molecule has 4 nitrogen and oxygen atoms in total. The van der Waals surface area contributed by atoms with Crippen molar-refractivity contribution in [2.75, 3.05) is 20.3 Å². The van der Waals surface area contributed by atoms with Crippen LogP contribution in [0, 0.1) is 5.92 Å². The SMILES string of the molecule is COC(=O)C(N)(CCOCC1CCCC1)c1ccccc1. The molecule has 2 N–H and O–H groups in total.